The van der Waals surface area contributed by atoms with Crippen LogP contribution in [0.1, 0.15) is 12.0 Å². The first-order valence-electron chi connectivity index (χ1n) is 13.0. The lowest BCUT2D eigenvalue weighted by Gasteiger charge is -2.48. The van der Waals surface area contributed by atoms with Crippen molar-refractivity contribution in [2.45, 2.75) is 29.9 Å². The minimum Gasteiger partial charge on any atom is -0.481 e. The molecule has 0 saturated carbocycles. The Bertz CT molecular complexity index is 1690. The number of hydrogen-bond donors (Lipinski definition) is 1. The topological polar surface area (TPSA) is 103 Å². The van der Waals surface area contributed by atoms with Crippen LogP contribution in [0.3, 0.4) is 0 Å². The van der Waals surface area contributed by atoms with E-state index < -0.39 is 50.8 Å². The number of nitrogens with zero attached hydrogens (tertiary/aromatic N) is 4. The summed E-state index contributed by atoms with van der Waals surface area (Å²) >= 11 is 6.05. The van der Waals surface area contributed by atoms with Gasteiger partial charge in [0.25, 0.3) is 10.0 Å². The third-order valence-electron chi connectivity index (χ3n) is 7.13. The number of piperazine rings is 1. The number of halogens is 7. The van der Waals surface area contributed by atoms with Crippen molar-refractivity contribution in [3.8, 4) is 17.0 Å². The maximum atomic E-state index is 13.9. The number of pyridine rings is 1. The van der Waals surface area contributed by atoms with Crippen LogP contribution in [0.2, 0.25) is 5.02 Å². The lowest BCUT2D eigenvalue weighted by atomic mass is 10.1. The molecule has 9 nitrogen and oxygen atoms in total. The van der Waals surface area contributed by atoms with Crippen LogP contribution in [-0.2, 0) is 21.0 Å². The fraction of sp³-hybridized carbons (Fsp3) is 0.333. The van der Waals surface area contributed by atoms with Crippen LogP contribution < -0.4 is 13.9 Å². The van der Waals surface area contributed by atoms with Crippen molar-refractivity contribution in [2.75, 3.05) is 41.9 Å². The number of anilines is 2. The van der Waals surface area contributed by atoms with Gasteiger partial charge in [-0.1, -0.05) is 17.7 Å². The van der Waals surface area contributed by atoms with E-state index in [0.29, 0.717) is 19.2 Å². The molecule has 1 N–H and O–H groups in total. The number of carbonyl (C=O) groups is 1. The fourth-order valence-corrected chi connectivity index (χ4v) is 6.98. The van der Waals surface area contributed by atoms with E-state index in [-0.39, 0.29) is 53.8 Å². The summed E-state index contributed by atoms with van der Waals surface area (Å²) in [6, 6.07) is 8.86. The number of hydrogen-bond acceptors (Lipinski definition) is 7. The monoisotopic (exact) mass is 664 g/mol. The Labute approximate surface area is 252 Å². The van der Waals surface area contributed by atoms with Gasteiger partial charge < -0.3 is 14.7 Å². The Hall–Kier alpha value is -3.76. The molecule has 2 aliphatic heterocycles. The number of aromatic nitrogens is 1. The summed E-state index contributed by atoms with van der Waals surface area (Å²) in [7, 11) is -4.58. The quantitative estimate of drug-likeness (QED) is 0.331. The van der Waals surface area contributed by atoms with Gasteiger partial charge in [-0.15, -0.1) is 13.2 Å². The molecule has 0 bridgehead atoms. The first-order valence-corrected chi connectivity index (χ1v) is 14.8. The van der Waals surface area contributed by atoms with Gasteiger partial charge in [-0.2, -0.15) is 13.2 Å². The highest BCUT2D eigenvalue weighted by Gasteiger charge is 2.42. The summed E-state index contributed by atoms with van der Waals surface area (Å²) in [5, 5.41) is 9.02. The van der Waals surface area contributed by atoms with Crippen LogP contribution in [-0.4, -0.2) is 74.5 Å². The van der Waals surface area contributed by atoms with Crippen molar-refractivity contribution in [3.63, 3.8) is 0 Å². The Morgan fingerprint density at radius 2 is 1.77 bits per heavy atom. The van der Waals surface area contributed by atoms with Crippen LogP contribution in [0.25, 0.3) is 11.3 Å². The fourth-order valence-electron chi connectivity index (χ4n) is 5.20. The smallest absolute Gasteiger partial charge is 0.481 e. The zero-order valence-corrected chi connectivity index (χ0v) is 24.0. The van der Waals surface area contributed by atoms with Gasteiger partial charge >= 0.3 is 18.5 Å². The summed E-state index contributed by atoms with van der Waals surface area (Å²) < 4.78 is 112. The van der Waals surface area contributed by atoms with E-state index >= 15 is 0 Å². The van der Waals surface area contributed by atoms with Gasteiger partial charge in [-0.3, -0.25) is 14.0 Å². The number of sulfonamides is 1. The summed E-state index contributed by atoms with van der Waals surface area (Å²) in [6.45, 7) is 0.912. The minimum absolute atomic E-state index is 0.0511. The molecule has 1 saturated heterocycles. The normalized spacial score (nSPS) is 17.7. The molecule has 3 aromatic rings. The lowest BCUT2D eigenvalue weighted by molar-refractivity contribution is -0.274. The molecule has 236 valence electrons. The molecular weight excluding hydrogens is 642 g/mol. The molecular formula is C27H23ClF6N4O5S. The predicted molar refractivity (Wildman–Crippen MR) is 147 cm³/mol. The van der Waals surface area contributed by atoms with Gasteiger partial charge in [-0.05, 0) is 48.5 Å². The summed E-state index contributed by atoms with van der Waals surface area (Å²) in [4.78, 5) is 18.7. The van der Waals surface area contributed by atoms with E-state index in [1.165, 1.54) is 18.2 Å². The average Bonchev–Trinajstić information content (AvgIpc) is 2.93. The van der Waals surface area contributed by atoms with E-state index in [2.05, 4.69) is 9.72 Å². The number of fused-ring (bicyclic) bond motifs is 3. The number of alkyl halides is 6. The molecule has 1 atom stereocenters. The van der Waals surface area contributed by atoms with Crippen LogP contribution in [0.5, 0.6) is 5.75 Å². The highest BCUT2D eigenvalue weighted by molar-refractivity contribution is 7.92. The summed E-state index contributed by atoms with van der Waals surface area (Å²) in [5.74, 6) is -1.49. The highest BCUT2D eigenvalue weighted by atomic mass is 35.5. The number of carboxylic acid groups (broad SMARTS) is 1. The molecule has 2 aliphatic rings. The Morgan fingerprint density at radius 1 is 1.02 bits per heavy atom. The van der Waals surface area contributed by atoms with Gasteiger partial charge in [0.1, 0.15) is 5.75 Å². The van der Waals surface area contributed by atoms with Crippen LogP contribution >= 0.6 is 11.6 Å². The Kier molecular flexibility index (Phi) is 8.37. The van der Waals surface area contributed by atoms with Crippen molar-refractivity contribution in [2.24, 2.45) is 0 Å². The molecule has 0 radical (unpaired) electrons. The zero-order chi connectivity index (χ0) is 32.0. The number of rotatable bonds is 7. The molecule has 2 aromatic carbocycles. The second-order valence-electron chi connectivity index (χ2n) is 10.1. The third-order valence-corrected chi connectivity index (χ3v) is 9.12. The van der Waals surface area contributed by atoms with E-state index in [0.717, 1.165) is 34.6 Å². The maximum Gasteiger partial charge on any atom is 0.573 e. The number of aliphatic carboxylic acids is 1. The van der Waals surface area contributed by atoms with E-state index in [1.54, 1.807) is 4.90 Å². The molecule has 1 fully saturated rings. The number of benzene rings is 2. The molecule has 1 unspecified atom stereocenters. The van der Waals surface area contributed by atoms with Gasteiger partial charge in [0.05, 0.1) is 40.8 Å². The van der Waals surface area contributed by atoms with Gasteiger partial charge in [0.15, 0.2) is 5.82 Å². The molecule has 5 rings (SSSR count). The second kappa shape index (κ2) is 11.6. The van der Waals surface area contributed by atoms with Crippen molar-refractivity contribution in [1.82, 2.24) is 9.88 Å². The number of carboxylic acids is 1. The van der Waals surface area contributed by atoms with Crippen LogP contribution in [0.15, 0.2) is 59.5 Å². The number of ether oxygens (including phenoxy) is 1. The van der Waals surface area contributed by atoms with Crippen LogP contribution in [0.4, 0.5) is 37.8 Å². The summed E-state index contributed by atoms with van der Waals surface area (Å²) in [6.07, 6.45) is -9.94. The molecule has 3 heterocycles. The second-order valence-corrected chi connectivity index (χ2v) is 12.4. The SMILES string of the molecule is O=C(O)CCN1CCN2c3nc(-c4cc(Cl)cc(OC(F)(F)F)c4)ccc3N(S(=O)(=O)c3cccc(C(F)(F)F)c3)CC2C1. The average molecular weight is 665 g/mol. The van der Waals surface area contributed by atoms with E-state index in [9.17, 15) is 39.6 Å². The first kappa shape index (κ1) is 31.7. The van der Waals surface area contributed by atoms with Crippen molar-refractivity contribution in [3.05, 3.63) is 65.2 Å². The lowest BCUT2D eigenvalue weighted by Crippen LogP contribution is -2.61. The molecule has 44 heavy (non-hydrogen) atoms. The molecule has 17 heteroatoms. The standard InChI is InChI=1S/C27H23ClF6N4O5S/c28-18-10-16(11-20(13-18)43-27(32,33)34)22-4-5-23-25(35-22)37-9-8-36(7-6-24(39)40)14-19(37)15-38(23)44(41,42)21-3-1-2-17(12-21)26(29,30)31/h1-5,10-13,19H,6-9,14-15H2,(H,39,40). The molecule has 0 spiro atoms. The van der Waals surface area contributed by atoms with Gasteiger partial charge in [0, 0.05) is 36.8 Å². The Balaban J connectivity index is 1.59. The van der Waals surface area contributed by atoms with Crippen molar-refractivity contribution in [1.29, 1.82) is 0 Å². The van der Waals surface area contributed by atoms with Gasteiger partial charge in [-0.25, -0.2) is 13.4 Å². The predicted octanol–water partition coefficient (Wildman–Crippen LogP) is 5.49. The third kappa shape index (κ3) is 6.81. The molecule has 0 aliphatic carbocycles. The zero-order valence-electron chi connectivity index (χ0n) is 22.4. The first-order chi connectivity index (χ1) is 20.5. The Morgan fingerprint density at radius 3 is 2.45 bits per heavy atom. The van der Waals surface area contributed by atoms with Crippen molar-refractivity contribution < 1.29 is 49.4 Å². The van der Waals surface area contributed by atoms with Crippen molar-refractivity contribution >= 4 is 39.1 Å². The minimum atomic E-state index is -4.99. The van der Waals surface area contributed by atoms with E-state index in [4.69, 9.17) is 16.7 Å². The van der Waals surface area contributed by atoms with E-state index in [1.807, 2.05) is 4.90 Å². The maximum absolute atomic E-state index is 13.9. The van der Waals surface area contributed by atoms with Crippen LogP contribution in [0, 0.1) is 0 Å². The largest absolute Gasteiger partial charge is 0.573 e. The highest BCUT2D eigenvalue weighted by Crippen LogP contribution is 2.41. The molecule has 1 aromatic heterocycles. The van der Waals surface area contributed by atoms with Gasteiger partial charge in [0.2, 0.25) is 0 Å². The summed E-state index contributed by atoms with van der Waals surface area (Å²) in [5.41, 5.74) is -0.839. The molecule has 0 amide bonds.